The van der Waals surface area contributed by atoms with Crippen LogP contribution in [-0.4, -0.2) is 33.4 Å². The van der Waals surface area contributed by atoms with Crippen LogP contribution in [-0.2, 0) is 4.74 Å². The number of nitrogens with zero attached hydrogens (tertiary/aromatic N) is 4. The second-order valence-corrected chi connectivity index (χ2v) is 5.06. The molecule has 4 heterocycles. The topological polar surface area (TPSA) is 73.9 Å². The van der Waals surface area contributed by atoms with Crippen molar-refractivity contribution in [3.63, 3.8) is 0 Å². The second kappa shape index (κ2) is 5.21. The van der Waals surface area contributed by atoms with E-state index >= 15 is 0 Å². The Hall–Kier alpha value is -2.34. The van der Waals surface area contributed by atoms with Crippen LogP contribution in [0.15, 0.2) is 35.0 Å². The Kier molecular flexibility index (Phi) is 3.08. The number of ether oxygens (including phenoxy) is 1. The van der Waals surface area contributed by atoms with Crippen LogP contribution in [0.25, 0.3) is 22.5 Å². The van der Waals surface area contributed by atoms with E-state index in [-0.39, 0.29) is 5.92 Å². The van der Waals surface area contributed by atoms with Gasteiger partial charge in [-0.3, -0.25) is 9.97 Å². The smallest absolute Gasteiger partial charge is 0.266 e. The lowest BCUT2D eigenvalue weighted by atomic mass is 10.0. The molecule has 0 N–H and O–H groups in total. The summed E-state index contributed by atoms with van der Waals surface area (Å²) >= 11 is 0. The van der Waals surface area contributed by atoms with Gasteiger partial charge in [-0.25, -0.2) is 0 Å². The van der Waals surface area contributed by atoms with E-state index in [9.17, 15) is 0 Å². The first-order chi connectivity index (χ1) is 10.4. The maximum atomic E-state index is 5.85. The van der Waals surface area contributed by atoms with E-state index in [1.807, 2.05) is 18.2 Å². The minimum atomic E-state index is 0.285. The van der Waals surface area contributed by atoms with Crippen molar-refractivity contribution in [2.75, 3.05) is 13.2 Å². The Morgan fingerprint density at radius 3 is 2.81 bits per heavy atom. The minimum absolute atomic E-state index is 0.285. The van der Waals surface area contributed by atoms with Crippen LogP contribution < -0.4 is 0 Å². The third-order valence-corrected chi connectivity index (χ3v) is 3.74. The molecule has 0 bridgehead atoms. The zero-order valence-corrected chi connectivity index (χ0v) is 11.4. The van der Waals surface area contributed by atoms with Gasteiger partial charge in [0, 0.05) is 36.9 Å². The fourth-order valence-electron chi connectivity index (χ4n) is 2.61. The Bertz CT molecular complexity index is 760. The molecule has 21 heavy (non-hydrogen) atoms. The summed E-state index contributed by atoms with van der Waals surface area (Å²) in [4.78, 5) is 8.69. The molecule has 0 radical (unpaired) electrons. The van der Waals surface area contributed by atoms with Crippen molar-refractivity contribution in [3.05, 3.63) is 36.5 Å². The molecule has 1 aliphatic heterocycles. The lowest BCUT2D eigenvalue weighted by Gasteiger charge is -2.18. The molecule has 106 valence electrons. The van der Waals surface area contributed by atoms with E-state index in [1.54, 1.807) is 12.4 Å². The van der Waals surface area contributed by atoms with Gasteiger partial charge in [-0.2, -0.15) is 0 Å². The molecule has 3 aromatic heterocycles. The Morgan fingerprint density at radius 1 is 1.00 bits per heavy atom. The summed E-state index contributed by atoms with van der Waals surface area (Å²) in [5.41, 5.74) is 1.56. The van der Waals surface area contributed by atoms with E-state index < -0.39 is 0 Å². The van der Waals surface area contributed by atoms with Crippen LogP contribution in [0, 0.1) is 0 Å². The van der Waals surface area contributed by atoms with Crippen LogP contribution in [0.5, 0.6) is 0 Å². The summed E-state index contributed by atoms with van der Waals surface area (Å²) in [6, 6.07) is 5.71. The summed E-state index contributed by atoms with van der Waals surface area (Å²) in [5, 5.41) is 9.27. The molecule has 6 heteroatoms. The average Bonchev–Trinajstić information content (AvgIpc) is 3.05. The van der Waals surface area contributed by atoms with Crippen molar-refractivity contribution < 1.29 is 9.15 Å². The minimum Gasteiger partial charge on any atom is -0.419 e. The zero-order valence-electron chi connectivity index (χ0n) is 11.4. The zero-order chi connectivity index (χ0) is 14.1. The van der Waals surface area contributed by atoms with Crippen LogP contribution in [0.2, 0.25) is 0 Å². The number of fused-ring (bicyclic) bond motifs is 1. The normalized spacial score (nSPS) is 16.4. The lowest BCUT2D eigenvalue weighted by molar-refractivity contribution is 0.0795. The third kappa shape index (κ3) is 2.27. The highest BCUT2D eigenvalue weighted by Crippen LogP contribution is 2.29. The predicted octanol–water partition coefficient (Wildman–Crippen LogP) is 2.57. The van der Waals surface area contributed by atoms with Crippen LogP contribution >= 0.6 is 0 Å². The van der Waals surface area contributed by atoms with Gasteiger partial charge in [0.1, 0.15) is 5.69 Å². The summed E-state index contributed by atoms with van der Waals surface area (Å²) in [6.45, 7) is 1.50. The first kappa shape index (κ1) is 12.4. The molecule has 0 aliphatic carbocycles. The molecular weight excluding hydrogens is 268 g/mol. The lowest BCUT2D eigenvalue weighted by Crippen LogP contribution is -2.14. The van der Waals surface area contributed by atoms with Crippen LogP contribution in [0.1, 0.15) is 24.7 Å². The predicted molar refractivity (Wildman–Crippen MR) is 75.6 cm³/mol. The maximum Gasteiger partial charge on any atom is 0.266 e. The van der Waals surface area contributed by atoms with Crippen molar-refractivity contribution in [3.8, 4) is 11.6 Å². The van der Waals surface area contributed by atoms with Gasteiger partial charge in [-0.1, -0.05) is 0 Å². The summed E-state index contributed by atoms with van der Waals surface area (Å²) < 4.78 is 11.2. The van der Waals surface area contributed by atoms with Gasteiger partial charge in [0.05, 0.1) is 5.52 Å². The highest BCUT2D eigenvalue weighted by Gasteiger charge is 2.23. The molecule has 1 fully saturated rings. The maximum absolute atomic E-state index is 5.85. The summed E-state index contributed by atoms with van der Waals surface area (Å²) in [5.74, 6) is 1.42. The van der Waals surface area contributed by atoms with Gasteiger partial charge < -0.3 is 9.15 Å². The van der Waals surface area contributed by atoms with Crippen LogP contribution in [0.3, 0.4) is 0 Å². The molecule has 1 aliphatic rings. The molecule has 1 saturated heterocycles. The van der Waals surface area contributed by atoms with Crippen molar-refractivity contribution in [2.45, 2.75) is 18.8 Å². The highest BCUT2D eigenvalue weighted by atomic mass is 16.5. The SMILES string of the molecule is c1cnc2ccnc(-c3nnc(C4CCOCC4)o3)c2c1. The van der Waals surface area contributed by atoms with E-state index in [1.165, 1.54) is 0 Å². The standard InChI is InChI=1S/C15H14N4O2/c1-2-11-12(16-6-1)3-7-17-13(11)15-19-18-14(21-15)10-4-8-20-9-5-10/h1-3,6-7,10H,4-5,8-9H2. The first-order valence-electron chi connectivity index (χ1n) is 7.03. The number of hydrogen-bond donors (Lipinski definition) is 0. The van der Waals surface area contributed by atoms with E-state index in [0.717, 1.165) is 37.0 Å². The number of aromatic nitrogens is 4. The van der Waals surface area contributed by atoms with Gasteiger partial charge in [0.15, 0.2) is 0 Å². The Morgan fingerprint density at radius 2 is 1.90 bits per heavy atom. The molecule has 0 saturated carbocycles. The number of pyridine rings is 2. The quantitative estimate of drug-likeness (QED) is 0.719. The van der Waals surface area contributed by atoms with Gasteiger partial charge in [-0.05, 0) is 31.0 Å². The van der Waals surface area contributed by atoms with Gasteiger partial charge >= 0.3 is 0 Å². The summed E-state index contributed by atoms with van der Waals surface area (Å²) in [6.07, 6.45) is 5.31. The first-order valence-corrected chi connectivity index (χ1v) is 7.03. The van der Waals surface area contributed by atoms with Gasteiger partial charge in [0.25, 0.3) is 5.89 Å². The van der Waals surface area contributed by atoms with Crippen molar-refractivity contribution in [1.29, 1.82) is 0 Å². The third-order valence-electron chi connectivity index (χ3n) is 3.74. The molecular formula is C15H14N4O2. The fourth-order valence-corrected chi connectivity index (χ4v) is 2.61. The largest absolute Gasteiger partial charge is 0.419 e. The Balaban J connectivity index is 1.74. The van der Waals surface area contributed by atoms with E-state index in [0.29, 0.717) is 17.5 Å². The van der Waals surface area contributed by atoms with E-state index in [4.69, 9.17) is 9.15 Å². The highest BCUT2D eigenvalue weighted by molar-refractivity contribution is 5.89. The average molecular weight is 282 g/mol. The number of rotatable bonds is 2. The van der Waals surface area contributed by atoms with Crippen LogP contribution in [0.4, 0.5) is 0 Å². The van der Waals surface area contributed by atoms with Crippen molar-refractivity contribution in [2.24, 2.45) is 0 Å². The molecule has 3 aromatic rings. The molecule has 0 amide bonds. The second-order valence-electron chi connectivity index (χ2n) is 5.06. The van der Waals surface area contributed by atoms with E-state index in [2.05, 4.69) is 20.2 Å². The monoisotopic (exact) mass is 282 g/mol. The molecule has 6 nitrogen and oxygen atoms in total. The van der Waals surface area contributed by atoms with Gasteiger partial charge in [0.2, 0.25) is 5.89 Å². The number of hydrogen-bond acceptors (Lipinski definition) is 6. The molecule has 0 aromatic carbocycles. The summed E-state index contributed by atoms with van der Waals surface area (Å²) in [7, 11) is 0. The van der Waals surface area contributed by atoms with Crippen molar-refractivity contribution >= 4 is 10.9 Å². The van der Waals surface area contributed by atoms with Gasteiger partial charge in [-0.15, -0.1) is 10.2 Å². The molecule has 0 unspecified atom stereocenters. The Labute approximate surface area is 121 Å². The van der Waals surface area contributed by atoms with Crippen molar-refractivity contribution in [1.82, 2.24) is 20.2 Å². The molecule has 0 atom stereocenters. The molecule has 0 spiro atoms. The molecule has 4 rings (SSSR count). The fraction of sp³-hybridized carbons (Fsp3) is 0.333.